The van der Waals surface area contributed by atoms with E-state index in [0.29, 0.717) is 6.54 Å². The van der Waals surface area contributed by atoms with Crippen LogP contribution in [0, 0.1) is 10.1 Å². The molecule has 0 atom stereocenters. The standard InChI is InChI=1S/C19H17N5O4/c20-18(25)8-9-23-12-14(16-6-1-2-7-17(16)23)11-21-22-19(26)13-4-3-5-15(10-13)24(27)28/h1-7,10-12H,8-9H2,(H2,20,25)(H,22,26)/b21-11+. The lowest BCUT2D eigenvalue weighted by Gasteiger charge is -2.02. The van der Waals surface area contributed by atoms with Crippen LogP contribution < -0.4 is 11.2 Å². The van der Waals surface area contributed by atoms with E-state index < -0.39 is 16.7 Å². The zero-order valence-corrected chi connectivity index (χ0v) is 14.7. The van der Waals surface area contributed by atoms with Crippen LogP contribution in [-0.2, 0) is 11.3 Å². The van der Waals surface area contributed by atoms with Crippen LogP contribution in [0.15, 0.2) is 59.8 Å². The van der Waals surface area contributed by atoms with E-state index in [2.05, 4.69) is 10.5 Å². The fourth-order valence-corrected chi connectivity index (χ4v) is 2.78. The molecule has 3 N–H and O–H groups in total. The lowest BCUT2D eigenvalue weighted by Crippen LogP contribution is -2.17. The number of fused-ring (bicyclic) bond motifs is 1. The molecule has 0 aliphatic rings. The van der Waals surface area contributed by atoms with Crippen molar-refractivity contribution in [3.63, 3.8) is 0 Å². The second-order valence-electron chi connectivity index (χ2n) is 6.02. The second-order valence-corrected chi connectivity index (χ2v) is 6.02. The first-order valence-electron chi connectivity index (χ1n) is 8.40. The Morgan fingerprint density at radius 3 is 2.75 bits per heavy atom. The summed E-state index contributed by atoms with van der Waals surface area (Å²) in [6.07, 6.45) is 3.51. The van der Waals surface area contributed by atoms with Crippen LogP contribution in [0.2, 0.25) is 0 Å². The Hall–Kier alpha value is -4.01. The molecule has 3 aromatic rings. The van der Waals surface area contributed by atoms with Gasteiger partial charge < -0.3 is 10.3 Å². The SMILES string of the molecule is NC(=O)CCn1cc(/C=N/NC(=O)c2cccc([N+](=O)[O-])c2)c2ccccc21. The van der Waals surface area contributed by atoms with Gasteiger partial charge in [0, 0.05) is 53.3 Å². The van der Waals surface area contributed by atoms with Gasteiger partial charge in [0.2, 0.25) is 5.91 Å². The number of rotatable bonds is 7. The number of nitrogens with two attached hydrogens (primary N) is 1. The first kappa shape index (κ1) is 18.8. The van der Waals surface area contributed by atoms with E-state index in [0.717, 1.165) is 16.5 Å². The number of primary amides is 1. The Labute approximate surface area is 159 Å². The normalized spacial score (nSPS) is 11.0. The number of hydrogen-bond acceptors (Lipinski definition) is 5. The van der Waals surface area contributed by atoms with E-state index in [9.17, 15) is 19.7 Å². The molecule has 2 aromatic carbocycles. The third-order valence-corrected chi connectivity index (χ3v) is 4.11. The van der Waals surface area contributed by atoms with E-state index in [1.54, 1.807) is 0 Å². The van der Waals surface area contributed by atoms with Crippen molar-refractivity contribution in [3.8, 4) is 0 Å². The van der Waals surface area contributed by atoms with Gasteiger partial charge in [-0.3, -0.25) is 19.7 Å². The minimum absolute atomic E-state index is 0.134. The quantitative estimate of drug-likeness (QED) is 0.370. The molecule has 0 spiro atoms. The van der Waals surface area contributed by atoms with Crippen LogP contribution in [0.4, 0.5) is 5.69 Å². The predicted octanol–water partition coefficient (Wildman–Crippen LogP) is 2.19. The first-order valence-corrected chi connectivity index (χ1v) is 8.40. The van der Waals surface area contributed by atoms with Crippen LogP contribution >= 0.6 is 0 Å². The fraction of sp³-hybridized carbons (Fsp3) is 0.105. The number of para-hydroxylation sites is 1. The van der Waals surface area contributed by atoms with Crippen LogP contribution in [0.25, 0.3) is 10.9 Å². The zero-order valence-electron chi connectivity index (χ0n) is 14.7. The van der Waals surface area contributed by atoms with Crippen molar-refractivity contribution in [1.29, 1.82) is 0 Å². The number of amides is 2. The van der Waals surface area contributed by atoms with Gasteiger partial charge in [0.15, 0.2) is 0 Å². The smallest absolute Gasteiger partial charge is 0.271 e. The third-order valence-electron chi connectivity index (χ3n) is 4.11. The summed E-state index contributed by atoms with van der Waals surface area (Å²) in [7, 11) is 0. The molecule has 0 aliphatic carbocycles. The molecule has 0 saturated heterocycles. The van der Waals surface area contributed by atoms with Crippen molar-refractivity contribution in [2.45, 2.75) is 13.0 Å². The average Bonchev–Trinajstić information content (AvgIpc) is 3.04. The largest absolute Gasteiger partial charge is 0.370 e. The topological polar surface area (TPSA) is 133 Å². The highest BCUT2D eigenvalue weighted by Crippen LogP contribution is 2.20. The number of benzene rings is 2. The lowest BCUT2D eigenvalue weighted by atomic mass is 10.2. The molecule has 0 bridgehead atoms. The molecule has 0 unspecified atom stereocenters. The molecule has 0 radical (unpaired) electrons. The summed E-state index contributed by atoms with van der Waals surface area (Å²) >= 11 is 0. The van der Waals surface area contributed by atoms with Crippen molar-refractivity contribution in [3.05, 3.63) is 76.0 Å². The van der Waals surface area contributed by atoms with E-state index in [4.69, 9.17) is 5.73 Å². The molecule has 0 aliphatic heterocycles. The molecule has 1 aromatic heterocycles. The van der Waals surface area contributed by atoms with Gasteiger partial charge in [-0.05, 0) is 12.1 Å². The molecule has 0 saturated carbocycles. The molecular formula is C19H17N5O4. The summed E-state index contributed by atoms with van der Waals surface area (Å²) in [4.78, 5) is 33.4. The van der Waals surface area contributed by atoms with Gasteiger partial charge in [-0.25, -0.2) is 5.43 Å². The van der Waals surface area contributed by atoms with Gasteiger partial charge in [0.25, 0.3) is 11.6 Å². The number of nitro groups is 1. The van der Waals surface area contributed by atoms with Crippen LogP contribution in [-0.4, -0.2) is 27.5 Å². The maximum absolute atomic E-state index is 12.2. The van der Waals surface area contributed by atoms with Crippen LogP contribution in [0.1, 0.15) is 22.3 Å². The number of carbonyl (C=O) groups excluding carboxylic acids is 2. The Morgan fingerprint density at radius 1 is 1.21 bits per heavy atom. The Balaban J connectivity index is 1.78. The number of aromatic nitrogens is 1. The summed E-state index contributed by atoms with van der Waals surface area (Å²) in [5, 5.41) is 15.7. The van der Waals surface area contributed by atoms with Crippen LogP contribution in [0.3, 0.4) is 0 Å². The number of nitro benzene ring substituents is 1. The van der Waals surface area contributed by atoms with Crippen molar-refractivity contribution in [2.24, 2.45) is 10.8 Å². The molecule has 28 heavy (non-hydrogen) atoms. The molecule has 3 rings (SSSR count). The number of hydrazone groups is 1. The van der Waals surface area contributed by atoms with E-state index in [-0.39, 0.29) is 17.7 Å². The predicted molar refractivity (Wildman–Crippen MR) is 104 cm³/mol. The Kier molecular flexibility index (Phi) is 5.45. The van der Waals surface area contributed by atoms with Crippen molar-refractivity contribution >= 4 is 34.6 Å². The van der Waals surface area contributed by atoms with Crippen molar-refractivity contribution in [2.75, 3.05) is 0 Å². The maximum atomic E-state index is 12.2. The average molecular weight is 379 g/mol. The van der Waals surface area contributed by atoms with Gasteiger partial charge in [-0.2, -0.15) is 5.10 Å². The summed E-state index contributed by atoms with van der Waals surface area (Å²) < 4.78 is 1.89. The molecule has 9 nitrogen and oxygen atoms in total. The highest BCUT2D eigenvalue weighted by Gasteiger charge is 2.11. The van der Waals surface area contributed by atoms with E-state index in [1.807, 2.05) is 35.0 Å². The number of non-ortho nitro benzene ring substituents is 1. The van der Waals surface area contributed by atoms with Gasteiger partial charge in [0.05, 0.1) is 11.1 Å². The van der Waals surface area contributed by atoms with Crippen molar-refractivity contribution < 1.29 is 14.5 Å². The Morgan fingerprint density at radius 2 is 2.00 bits per heavy atom. The first-order chi connectivity index (χ1) is 13.5. The summed E-state index contributed by atoms with van der Waals surface area (Å²) in [6, 6.07) is 13.0. The molecule has 142 valence electrons. The lowest BCUT2D eigenvalue weighted by molar-refractivity contribution is -0.384. The summed E-state index contributed by atoms with van der Waals surface area (Å²) in [5.41, 5.74) is 9.21. The van der Waals surface area contributed by atoms with E-state index >= 15 is 0 Å². The number of nitrogens with one attached hydrogen (secondary N) is 1. The highest BCUT2D eigenvalue weighted by atomic mass is 16.6. The fourth-order valence-electron chi connectivity index (χ4n) is 2.78. The number of aryl methyl sites for hydroxylation is 1. The summed E-state index contributed by atoms with van der Waals surface area (Å²) in [5.74, 6) is -0.949. The molecule has 0 fully saturated rings. The zero-order chi connectivity index (χ0) is 20.1. The van der Waals surface area contributed by atoms with Gasteiger partial charge >= 0.3 is 0 Å². The van der Waals surface area contributed by atoms with Crippen molar-refractivity contribution in [1.82, 2.24) is 9.99 Å². The molecular weight excluding hydrogens is 362 g/mol. The Bertz CT molecular complexity index is 1090. The monoisotopic (exact) mass is 379 g/mol. The molecule has 9 heteroatoms. The molecule has 2 amide bonds. The number of nitrogens with zero attached hydrogens (tertiary/aromatic N) is 3. The van der Waals surface area contributed by atoms with Crippen LogP contribution in [0.5, 0.6) is 0 Å². The highest BCUT2D eigenvalue weighted by molar-refractivity contribution is 6.00. The minimum atomic E-state index is -0.568. The van der Waals surface area contributed by atoms with E-state index in [1.165, 1.54) is 30.5 Å². The van der Waals surface area contributed by atoms with Gasteiger partial charge in [-0.1, -0.05) is 24.3 Å². The second kappa shape index (κ2) is 8.12. The van der Waals surface area contributed by atoms with Gasteiger partial charge in [-0.15, -0.1) is 0 Å². The third kappa shape index (κ3) is 4.21. The summed E-state index contributed by atoms with van der Waals surface area (Å²) in [6.45, 7) is 0.434. The minimum Gasteiger partial charge on any atom is -0.370 e. The molecule has 1 heterocycles. The number of carbonyl (C=O) groups is 2. The van der Waals surface area contributed by atoms with Gasteiger partial charge in [0.1, 0.15) is 0 Å². The maximum Gasteiger partial charge on any atom is 0.271 e. The number of hydrogen-bond donors (Lipinski definition) is 2.